The van der Waals surface area contributed by atoms with Gasteiger partial charge in [-0.05, 0) is 36.8 Å². The van der Waals surface area contributed by atoms with E-state index >= 15 is 0 Å². The normalized spacial score (nSPS) is 16.4. The summed E-state index contributed by atoms with van der Waals surface area (Å²) in [5.74, 6) is 0.732. The number of carbonyl (C=O) groups excluding carboxylic acids is 2. The van der Waals surface area contributed by atoms with E-state index < -0.39 is 0 Å². The molecule has 3 rings (SSSR count). The van der Waals surface area contributed by atoms with Crippen LogP contribution < -0.4 is 14.5 Å². The van der Waals surface area contributed by atoms with Crippen molar-refractivity contribution < 1.29 is 14.3 Å². The number of hydrogen-bond acceptors (Lipinski definition) is 3. The molecule has 5 nitrogen and oxygen atoms in total. The molecule has 1 aliphatic rings. The number of carbonyl (C=O) groups is 2. The second-order valence-electron chi connectivity index (χ2n) is 6.26. The molecule has 0 saturated carbocycles. The Bertz CT molecular complexity index is 803. The summed E-state index contributed by atoms with van der Waals surface area (Å²) in [7, 11) is 1.61. The van der Waals surface area contributed by atoms with Crippen LogP contribution in [-0.2, 0) is 16.0 Å². The van der Waals surface area contributed by atoms with Crippen molar-refractivity contribution in [2.24, 2.45) is 0 Å². The lowest BCUT2D eigenvalue weighted by Gasteiger charge is -2.40. The molecule has 0 N–H and O–H groups in total. The molecular formula is C20H22N2O3. The van der Waals surface area contributed by atoms with Crippen molar-refractivity contribution in [3.63, 3.8) is 0 Å². The Hall–Kier alpha value is -2.82. The maximum atomic E-state index is 12.9. The number of amides is 2. The van der Waals surface area contributed by atoms with Crippen molar-refractivity contribution in [3.05, 3.63) is 54.1 Å². The first-order valence-electron chi connectivity index (χ1n) is 8.33. The van der Waals surface area contributed by atoms with Gasteiger partial charge in [0, 0.05) is 13.5 Å². The Morgan fingerprint density at radius 2 is 1.84 bits per heavy atom. The van der Waals surface area contributed by atoms with Crippen LogP contribution in [0.2, 0.25) is 0 Å². The van der Waals surface area contributed by atoms with Crippen LogP contribution in [0.5, 0.6) is 5.75 Å². The fourth-order valence-electron chi connectivity index (χ4n) is 3.35. The molecule has 1 aliphatic heterocycles. The first-order valence-corrected chi connectivity index (χ1v) is 8.33. The first-order chi connectivity index (χ1) is 12.0. The molecule has 2 aromatic carbocycles. The fraction of sp³-hybridized carbons (Fsp3) is 0.300. The summed E-state index contributed by atoms with van der Waals surface area (Å²) in [6.45, 7) is 4.00. The minimum atomic E-state index is -0.0679. The zero-order valence-electron chi connectivity index (χ0n) is 14.7. The number of methoxy groups -OCH3 is 1. The molecule has 0 spiro atoms. The van der Waals surface area contributed by atoms with E-state index in [-0.39, 0.29) is 17.9 Å². The van der Waals surface area contributed by atoms with E-state index in [4.69, 9.17) is 4.74 Å². The number of para-hydroxylation sites is 2. The van der Waals surface area contributed by atoms with Crippen LogP contribution in [0.15, 0.2) is 48.5 Å². The maximum absolute atomic E-state index is 12.9. The van der Waals surface area contributed by atoms with Gasteiger partial charge in [-0.2, -0.15) is 0 Å². The highest BCUT2D eigenvalue weighted by Gasteiger charge is 2.33. The van der Waals surface area contributed by atoms with Gasteiger partial charge >= 0.3 is 0 Å². The highest BCUT2D eigenvalue weighted by Crippen LogP contribution is 2.35. The lowest BCUT2D eigenvalue weighted by atomic mass is 10.1. The van der Waals surface area contributed by atoms with Crippen LogP contribution in [-0.4, -0.2) is 31.5 Å². The van der Waals surface area contributed by atoms with Gasteiger partial charge in [0.05, 0.1) is 30.9 Å². The average molecular weight is 338 g/mol. The van der Waals surface area contributed by atoms with Crippen molar-refractivity contribution in [1.82, 2.24) is 0 Å². The molecule has 1 heterocycles. The highest BCUT2D eigenvalue weighted by molar-refractivity contribution is 6.04. The van der Waals surface area contributed by atoms with E-state index in [1.807, 2.05) is 55.5 Å². The molecule has 0 bridgehead atoms. The van der Waals surface area contributed by atoms with Crippen molar-refractivity contribution in [1.29, 1.82) is 0 Å². The van der Waals surface area contributed by atoms with Gasteiger partial charge in [0.2, 0.25) is 11.8 Å². The van der Waals surface area contributed by atoms with Crippen LogP contribution in [0, 0.1) is 0 Å². The SMILES string of the molecule is COc1cccc(CC(=O)N2C[C@H](C)N(C(C)=O)c3ccccc32)c1. The second-order valence-corrected chi connectivity index (χ2v) is 6.26. The van der Waals surface area contributed by atoms with E-state index in [9.17, 15) is 9.59 Å². The predicted octanol–water partition coefficient (Wildman–Crippen LogP) is 3.03. The minimum Gasteiger partial charge on any atom is -0.497 e. The summed E-state index contributed by atoms with van der Waals surface area (Å²) in [5, 5.41) is 0. The van der Waals surface area contributed by atoms with Crippen LogP contribution in [0.1, 0.15) is 19.4 Å². The Kier molecular flexibility index (Phi) is 4.74. The van der Waals surface area contributed by atoms with Crippen molar-refractivity contribution in [2.45, 2.75) is 26.3 Å². The number of rotatable bonds is 3. The summed E-state index contributed by atoms with van der Waals surface area (Å²) in [6.07, 6.45) is 0.290. The summed E-state index contributed by atoms with van der Waals surface area (Å²) >= 11 is 0. The van der Waals surface area contributed by atoms with Gasteiger partial charge in [0.25, 0.3) is 0 Å². The van der Waals surface area contributed by atoms with E-state index in [1.165, 1.54) is 0 Å². The molecule has 130 valence electrons. The number of anilines is 2. The van der Waals surface area contributed by atoms with Gasteiger partial charge < -0.3 is 14.5 Å². The lowest BCUT2D eigenvalue weighted by molar-refractivity contribution is -0.119. The molecule has 0 unspecified atom stereocenters. The average Bonchev–Trinajstić information content (AvgIpc) is 2.60. The van der Waals surface area contributed by atoms with Gasteiger partial charge in [-0.15, -0.1) is 0 Å². The smallest absolute Gasteiger partial charge is 0.231 e. The van der Waals surface area contributed by atoms with Crippen LogP contribution in [0.4, 0.5) is 11.4 Å². The molecule has 2 aromatic rings. The molecule has 0 aliphatic carbocycles. The maximum Gasteiger partial charge on any atom is 0.231 e. The third-order valence-electron chi connectivity index (χ3n) is 4.45. The van der Waals surface area contributed by atoms with Crippen molar-refractivity contribution in [2.75, 3.05) is 23.5 Å². The molecule has 0 aromatic heterocycles. The highest BCUT2D eigenvalue weighted by atomic mass is 16.5. The third kappa shape index (κ3) is 3.36. The van der Waals surface area contributed by atoms with E-state index in [0.717, 1.165) is 22.7 Å². The van der Waals surface area contributed by atoms with E-state index in [0.29, 0.717) is 13.0 Å². The van der Waals surface area contributed by atoms with Crippen molar-refractivity contribution in [3.8, 4) is 5.75 Å². The van der Waals surface area contributed by atoms with Crippen LogP contribution in [0.25, 0.3) is 0 Å². The second kappa shape index (κ2) is 6.97. The van der Waals surface area contributed by atoms with Crippen LogP contribution >= 0.6 is 0 Å². The van der Waals surface area contributed by atoms with Gasteiger partial charge in [0.15, 0.2) is 0 Å². The van der Waals surface area contributed by atoms with Gasteiger partial charge in [-0.25, -0.2) is 0 Å². The van der Waals surface area contributed by atoms with Crippen LogP contribution in [0.3, 0.4) is 0 Å². The fourth-order valence-corrected chi connectivity index (χ4v) is 3.35. The van der Waals surface area contributed by atoms with Gasteiger partial charge in [-0.3, -0.25) is 9.59 Å². The Labute approximate surface area is 147 Å². The molecule has 5 heteroatoms. The molecule has 1 atom stereocenters. The largest absolute Gasteiger partial charge is 0.497 e. The van der Waals surface area contributed by atoms with E-state index in [2.05, 4.69) is 0 Å². The number of fused-ring (bicyclic) bond motifs is 1. The van der Waals surface area contributed by atoms with Crippen molar-refractivity contribution >= 4 is 23.2 Å². The zero-order valence-corrected chi connectivity index (χ0v) is 14.7. The third-order valence-corrected chi connectivity index (χ3v) is 4.45. The van der Waals surface area contributed by atoms with Gasteiger partial charge in [0.1, 0.15) is 5.75 Å². The zero-order chi connectivity index (χ0) is 18.0. The topological polar surface area (TPSA) is 49.9 Å². The quantitative estimate of drug-likeness (QED) is 0.864. The molecule has 0 saturated heterocycles. The van der Waals surface area contributed by atoms with E-state index in [1.54, 1.807) is 23.8 Å². The number of ether oxygens (including phenoxy) is 1. The molecular weight excluding hydrogens is 316 g/mol. The first kappa shape index (κ1) is 17.0. The standard InChI is InChI=1S/C20H22N2O3/c1-14-13-21(18-9-4-5-10-19(18)22(14)15(2)23)20(24)12-16-7-6-8-17(11-16)25-3/h4-11,14H,12-13H2,1-3H3/t14-/m0/s1. The number of hydrogen-bond donors (Lipinski definition) is 0. The lowest BCUT2D eigenvalue weighted by Crippen LogP contribution is -2.51. The molecule has 25 heavy (non-hydrogen) atoms. The number of nitrogens with zero attached hydrogens (tertiary/aromatic N) is 2. The molecule has 0 fully saturated rings. The Morgan fingerprint density at radius 3 is 2.52 bits per heavy atom. The number of benzene rings is 2. The Morgan fingerprint density at radius 1 is 1.12 bits per heavy atom. The monoisotopic (exact) mass is 338 g/mol. The summed E-state index contributed by atoms with van der Waals surface area (Å²) in [5.41, 5.74) is 2.47. The molecule has 2 amide bonds. The minimum absolute atomic E-state index is 0.00996. The summed E-state index contributed by atoms with van der Waals surface area (Å²) < 4.78 is 5.23. The molecule has 0 radical (unpaired) electrons. The predicted molar refractivity (Wildman–Crippen MR) is 98.1 cm³/mol. The summed E-state index contributed by atoms with van der Waals surface area (Å²) in [6, 6.07) is 15.0. The summed E-state index contributed by atoms with van der Waals surface area (Å²) in [4.78, 5) is 28.5. The Balaban J connectivity index is 1.90. The van der Waals surface area contributed by atoms with Gasteiger partial charge in [-0.1, -0.05) is 24.3 Å².